The van der Waals surface area contributed by atoms with E-state index in [0.29, 0.717) is 13.0 Å². The number of nitrogens with zero attached hydrogens (tertiary/aromatic N) is 1. The molecule has 1 atom stereocenters. The molecule has 0 N–H and O–H groups in total. The Balaban J connectivity index is 1.96. The molecule has 4 nitrogen and oxygen atoms in total. The van der Waals surface area contributed by atoms with E-state index in [1.165, 1.54) is 11.1 Å². The molecular weight excluding hydrogens is 302 g/mol. The number of benzene rings is 2. The summed E-state index contributed by atoms with van der Waals surface area (Å²) in [4.78, 5) is 14.4. The number of fused-ring (bicyclic) bond motifs is 1. The van der Waals surface area contributed by atoms with Crippen LogP contribution in [0.25, 0.3) is 0 Å². The van der Waals surface area contributed by atoms with Crippen molar-refractivity contribution in [1.29, 1.82) is 0 Å². The molecule has 0 aliphatic carbocycles. The van der Waals surface area contributed by atoms with Crippen LogP contribution in [-0.4, -0.2) is 26.7 Å². The minimum Gasteiger partial charge on any atom is -0.497 e. The van der Waals surface area contributed by atoms with Gasteiger partial charge in [-0.15, -0.1) is 0 Å². The number of anilines is 1. The highest BCUT2D eigenvalue weighted by molar-refractivity contribution is 5.95. The first kappa shape index (κ1) is 16.4. The van der Waals surface area contributed by atoms with Crippen molar-refractivity contribution >= 4 is 11.6 Å². The van der Waals surface area contributed by atoms with E-state index in [2.05, 4.69) is 18.2 Å². The predicted molar refractivity (Wildman–Crippen MR) is 95.1 cm³/mol. The lowest BCUT2D eigenvalue weighted by atomic mass is 9.87. The summed E-state index contributed by atoms with van der Waals surface area (Å²) >= 11 is 0. The Kier molecular flexibility index (Phi) is 4.74. The average molecular weight is 325 g/mol. The van der Waals surface area contributed by atoms with Gasteiger partial charge in [-0.25, -0.2) is 0 Å². The van der Waals surface area contributed by atoms with Crippen LogP contribution in [0.2, 0.25) is 0 Å². The number of ether oxygens (including phenoxy) is 2. The van der Waals surface area contributed by atoms with Gasteiger partial charge in [0.1, 0.15) is 11.5 Å². The standard InChI is InChI=1S/C20H23NO3/c1-4-20(22)21-13-16(14-5-8-17(23-2)9-6-14)11-15-7-10-18(24-3)12-19(15)21/h5-10,12,16H,4,11,13H2,1-3H3. The van der Waals surface area contributed by atoms with Gasteiger partial charge >= 0.3 is 0 Å². The highest BCUT2D eigenvalue weighted by atomic mass is 16.5. The van der Waals surface area contributed by atoms with Crippen molar-refractivity contribution < 1.29 is 14.3 Å². The number of methoxy groups -OCH3 is 2. The summed E-state index contributed by atoms with van der Waals surface area (Å²) in [7, 11) is 3.32. The zero-order chi connectivity index (χ0) is 17.1. The van der Waals surface area contributed by atoms with Gasteiger partial charge in [0.25, 0.3) is 0 Å². The zero-order valence-corrected chi connectivity index (χ0v) is 14.4. The fourth-order valence-electron chi connectivity index (χ4n) is 3.27. The lowest BCUT2D eigenvalue weighted by Gasteiger charge is -2.35. The molecule has 0 fully saturated rings. The maximum Gasteiger partial charge on any atom is 0.226 e. The van der Waals surface area contributed by atoms with E-state index in [-0.39, 0.29) is 11.8 Å². The molecule has 3 rings (SSSR count). The summed E-state index contributed by atoms with van der Waals surface area (Å²) in [6.07, 6.45) is 1.41. The van der Waals surface area contributed by atoms with Crippen LogP contribution in [0.3, 0.4) is 0 Å². The number of carbonyl (C=O) groups excluding carboxylic acids is 1. The van der Waals surface area contributed by atoms with Gasteiger partial charge in [-0.3, -0.25) is 4.79 Å². The SMILES string of the molecule is CCC(=O)N1CC(c2ccc(OC)cc2)Cc2ccc(OC)cc21. The second kappa shape index (κ2) is 6.95. The first-order valence-electron chi connectivity index (χ1n) is 8.27. The van der Waals surface area contributed by atoms with Crippen LogP contribution in [0.1, 0.15) is 30.4 Å². The highest BCUT2D eigenvalue weighted by Gasteiger charge is 2.29. The van der Waals surface area contributed by atoms with Crippen molar-refractivity contribution in [1.82, 2.24) is 0 Å². The monoisotopic (exact) mass is 325 g/mol. The van der Waals surface area contributed by atoms with Gasteiger partial charge in [0.15, 0.2) is 0 Å². The van der Waals surface area contributed by atoms with Crippen molar-refractivity contribution in [3.05, 3.63) is 53.6 Å². The van der Waals surface area contributed by atoms with Gasteiger partial charge in [-0.2, -0.15) is 0 Å². The van der Waals surface area contributed by atoms with E-state index in [4.69, 9.17) is 9.47 Å². The molecule has 0 saturated heterocycles. The molecule has 4 heteroatoms. The molecule has 2 aromatic rings. The third-order valence-corrected chi connectivity index (χ3v) is 4.64. The van der Waals surface area contributed by atoms with Crippen LogP contribution in [0, 0.1) is 0 Å². The molecule has 1 heterocycles. The normalized spacial score (nSPS) is 16.5. The number of hydrogen-bond donors (Lipinski definition) is 0. The first-order chi connectivity index (χ1) is 11.7. The van der Waals surface area contributed by atoms with Crippen molar-refractivity contribution in [2.75, 3.05) is 25.7 Å². The maximum absolute atomic E-state index is 12.5. The molecule has 1 unspecified atom stereocenters. The minimum absolute atomic E-state index is 0.141. The Morgan fingerprint density at radius 3 is 2.38 bits per heavy atom. The molecule has 1 amide bonds. The van der Waals surface area contributed by atoms with Crippen LogP contribution in [0.4, 0.5) is 5.69 Å². The van der Waals surface area contributed by atoms with Crippen LogP contribution >= 0.6 is 0 Å². The number of carbonyl (C=O) groups is 1. The van der Waals surface area contributed by atoms with Gasteiger partial charge in [0.05, 0.1) is 19.9 Å². The van der Waals surface area contributed by atoms with Gasteiger partial charge in [-0.1, -0.05) is 25.1 Å². The second-order valence-electron chi connectivity index (χ2n) is 6.03. The summed E-state index contributed by atoms with van der Waals surface area (Å²) in [5.41, 5.74) is 3.39. The Labute approximate surface area is 143 Å². The summed E-state index contributed by atoms with van der Waals surface area (Å²) < 4.78 is 10.6. The maximum atomic E-state index is 12.5. The van der Waals surface area contributed by atoms with Gasteiger partial charge < -0.3 is 14.4 Å². The number of rotatable bonds is 4. The lowest BCUT2D eigenvalue weighted by Crippen LogP contribution is -2.38. The molecule has 24 heavy (non-hydrogen) atoms. The highest BCUT2D eigenvalue weighted by Crippen LogP contribution is 2.37. The van der Waals surface area contributed by atoms with E-state index in [1.54, 1.807) is 14.2 Å². The van der Waals surface area contributed by atoms with Crippen LogP contribution < -0.4 is 14.4 Å². The summed E-state index contributed by atoms with van der Waals surface area (Å²) in [5, 5.41) is 0. The second-order valence-corrected chi connectivity index (χ2v) is 6.03. The van der Waals surface area contributed by atoms with E-state index >= 15 is 0 Å². The molecule has 126 valence electrons. The summed E-state index contributed by atoms with van der Waals surface area (Å²) in [6.45, 7) is 2.60. The molecule has 0 radical (unpaired) electrons. The first-order valence-corrected chi connectivity index (χ1v) is 8.27. The van der Waals surface area contributed by atoms with E-state index in [9.17, 15) is 4.79 Å². The topological polar surface area (TPSA) is 38.8 Å². The van der Waals surface area contributed by atoms with Crippen molar-refractivity contribution in [2.45, 2.75) is 25.7 Å². The molecule has 2 aromatic carbocycles. The molecule has 0 spiro atoms. The van der Waals surface area contributed by atoms with Gasteiger partial charge in [-0.05, 0) is 35.7 Å². The largest absolute Gasteiger partial charge is 0.497 e. The molecule has 0 bridgehead atoms. The minimum atomic E-state index is 0.141. The third kappa shape index (κ3) is 3.09. The van der Waals surface area contributed by atoms with Crippen molar-refractivity contribution in [3.63, 3.8) is 0 Å². The van der Waals surface area contributed by atoms with Gasteiger partial charge in [0.2, 0.25) is 5.91 Å². The Morgan fingerprint density at radius 2 is 1.75 bits per heavy atom. The Hall–Kier alpha value is -2.49. The summed E-state index contributed by atoms with van der Waals surface area (Å²) in [6, 6.07) is 14.1. The number of hydrogen-bond acceptors (Lipinski definition) is 3. The lowest BCUT2D eigenvalue weighted by molar-refractivity contribution is -0.118. The van der Waals surface area contributed by atoms with Gasteiger partial charge in [0, 0.05) is 24.9 Å². The fraction of sp³-hybridized carbons (Fsp3) is 0.350. The van der Waals surface area contributed by atoms with E-state index < -0.39 is 0 Å². The molecule has 0 aromatic heterocycles. The fourth-order valence-corrected chi connectivity index (χ4v) is 3.27. The third-order valence-electron chi connectivity index (χ3n) is 4.64. The van der Waals surface area contributed by atoms with E-state index in [1.807, 2.05) is 36.1 Å². The Morgan fingerprint density at radius 1 is 1.08 bits per heavy atom. The Bertz CT molecular complexity index is 724. The van der Waals surface area contributed by atoms with Crippen LogP contribution in [0.15, 0.2) is 42.5 Å². The molecule has 1 aliphatic rings. The van der Waals surface area contributed by atoms with E-state index in [0.717, 1.165) is 23.6 Å². The van der Waals surface area contributed by atoms with Crippen LogP contribution in [0.5, 0.6) is 11.5 Å². The number of amides is 1. The quantitative estimate of drug-likeness (QED) is 0.858. The molecule has 1 aliphatic heterocycles. The average Bonchev–Trinajstić information content (AvgIpc) is 2.66. The smallest absolute Gasteiger partial charge is 0.226 e. The van der Waals surface area contributed by atoms with Crippen LogP contribution in [-0.2, 0) is 11.2 Å². The van der Waals surface area contributed by atoms with Crippen molar-refractivity contribution in [2.24, 2.45) is 0 Å². The molecule has 0 saturated carbocycles. The molecular formula is C20H23NO3. The summed E-state index contributed by atoms with van der Waals surface area (Å²) in [5.74, 6) is 2.06. The van der Waals surface area contributed by atoms with Crippen molar-refractivity contribution in [3.8, 4) is 11.5 Å². The predicted octanol–water partition coefficient (Wildman–Crippen LogP) is 3.79. The zero-order valence-electron chi connectivity index (χ0n) is 14.4.